The first kappa shape index (κ1) is 35.9. The first-order chi connectivity index (χ1) is 19.5. The highest BCUT2D eigenvalue weighted by molar-refractivity contribution is 7.99. The van der Waals surface area contributed by atoms with Crippen molar-refractivity contribution in [2.75, 3.05) is 38.7 Å². The number of carbonyl (C=O) groups excluding carboxylic acids is 2. The third-order valence-electron chi connectivity index (χ3n) is 7.93. The van der Waals surface area contributed by atoms with E-state index in [4.69, 9.17) is 11.6 Å². The van der Waals surface area contributed by atoms with Crippen LogP contribution in [0, 0.1) is 23.7 Å². The van der Waals surface area contributed by atoms with Crippen molar-refractivity contribution in [3.63, 3.8) is 0 Å². The van der Waals surface area contributed by atoms with Crippen LogP contribution in [-0.2, 0) is 16.0 Å². The van der Waals surface area contributed by atoms with Crippen molar-refractivity contribution in [3.8, 4) is 0 Å². The molecule has 1 aliphatic rings. The molecule has 234 valence electrons. The zero-order valence-electron chi connectivity index (χ0n) is 25.8. The van der Waals surface area contributed by atoms with Crippen LogP contribution in [0.1, 0.15) is 71.3 Å². The minimum Gasteiger partial charge on any atom is -0.390 e. The van der Waals surface area contributed by atoms with Crippen LogP contribution in [-0.4, -0.2) is 83.9 Å². The van der Waals surface area contributed by atoms with E-state index in [0.29, 0.717) is 36.0 Å². The summed E-state index contributed by atoms with van der Waals surface area (Å²) in [5.74, 6) is 1.26. The van der Waals surface area contributed by atoms with Gasteiger partial charge in [0.15, 0.2) is 0 Å². The van der Waals surface area contributed by atoms with E-state index in [-0.39, 0.29) is 30.2 Å². The number of thioether (sulfide) groups is 1. The Bertz CT molecular complexity index is 913. The van der Waals surface area contributed by atoms with Crippen molar-refractivity contribution in [1.29, 1.82) is 0 Å². The highest BCUT2D eigenvalue weighted by atomic mass is 35.5. The van der Waals surface area contributed by atoms with Gasteiger partial charge >= 0.3 is 0 Å². The van der Waals surface area contributed by atoms with Gasteiger partial charge in [-0.05, 0) is 62.9 Å². The van der Waals surface area contributed by atoms with Crippen molar-refractivity contribution in [2.45, 2.75) is 90.4 Å². The van der Waals surface area contributed by atoms with Gasteiger partial charge in [-0.3, -0.25) is 9.59 Å². The van der Waals surface area contributed by atoms with Crippen molar-refractivity contribution in [3.05, 3.63) is 34.9 Å². The molecular weight excluding hydrogens is 558 g/mol. The van der Waals surface area contributed by atoms with Gasteiger partial charge in [0.05, 0.1) is 24.0 Å². The number of nitrogens with zero attached hydrogens (tertiary/aromatic N) is 1. The van der Waals surface area contributed by atoms with E-state index in [2.05, 4.69) is 15.5 Å². The molecule has 2 amide bonds. The van der Waals surface area contributed by atoms with Crippen molar-refractivity contribution in [2.24, 2.45) is 23.7 Å². The lowest BCUT2D eigenvalue weighted by atomic mass is 9.82. The molecule has 0 saturated heterocycles. The molecular formula is C32H54ClN3O4S. The summed E-state index contributed by atoms with van der Waals surface area (Å²) in [6.45, 7) is 6.96. The largest absolute Gasteiger partial charge is 0.390 e. The minimum atomic E-state index is -1.02. The summed E-state index contributed by atoms with van der Waals surface area (Å²) in [5, 5.41) is 28.4. The first-order valence-corrected chi connectivity index (χ1v) is 16.9. The molecule has 1 fully saturated rings. The van der Waals surface area contributed by atoms with E-state index >= 15 is 0 Å². The highest BCUT2D eigenvalue weighted by Crippen LogP contribution is 2.29. The smallest absolute Gasteiger partial charge is 0.224 e. The van der Waals surface area contributed by atoms with Gasteiger partial charge in [-0.2, -0.15) is 11.8 Å². The van der Waals surface area contributed by atoms with Crippen molar-refractivity contribution < 1.29 is 19.8 Å². The number of aliphatic hydroxyl groups is 2. The fraction of sp³-hybridized carbons (Fsp3) is 0.750. The van der Waals surface area contributed by atoms with Crippen LogP contribution in [0.25, 0.3) is 0 Å². The normalized spacial score (nSPS) is 18.1. The molecule has 41 heavy (non-hydrogen) atoms. The number of carbonyl (C=O) groups is 2. The molecule has 7 nitrogen and oxygen atoms in total. The zero-order chi connectivity index (χ0) is 30.4. The lowest BCUT2D eigenvalue weighted by molar-refractivity contribution is -0.128. The zero-order valence-corrected chi connectivity index (χ0v) is 27.4. The van der Waals surface area contributed by atoms with Crippen LogP contribution >= 0.6 is 23.4 Å². The second-order valence-electron chi connectivity index (χ2n) is 12.6. The van der Waals surface area contributed by atoms with Gasteiger partial charge in [0, 0.05) is 29.6 Å². The van der Waals surface area contributed by atoms with Gasteiger partial charge < -0.3 is 25.7 Å². The summed E-state index contributed by atoms with van der Waals surface area (Å²) in [4.78, 5) is 28.7. The molecule has 0 radical (unpaired) electrons. The number of rotatable bonds is 18. The summed E-state index contributed by atoms with van der Waals surface area (Å²) in [6.07, 6.45) is 5.54. The van der Waals surface area contributed by atoms with Gasteiger partial charge in [0.1, 0.15) is 6.10 Å². The highest BCUT2D eigenvalue weighted by Gasteiger charge is 2.32. The second-order valence-corrected chi connectivity index (χ2v) is 14.2. The predicted molar refractivity (Wildman–Crippen MR) is 171 cm³/mol. The molecule has 1 aromatic carbocycles. The Labute approximate surface area is 257 Å². The Morgan fingerprint density at radius 3 is 2.44 bits per heavy atom. The van der Waals surface area contributed by atoms with Crippen LogP contribution in [0.5, 0.6) is 0 Å². The molecule has 0 aromatic heterocycles. The average Bonchev–Trinajstić information content (AvgIpc) is 2.92. The fourth-order valence-corrected chi connectivity index (χ4v) is 6.85. The molecule has 0 heterocycles. The van der Waals surface area contributed by atoms with Crippen molar-refractivity contribution in [1.82, 2.24) is 15.5 Å². The van der Waals surface area contributed by atoms with E-state index in [1.165, 1.54) is 19.3 Å². The number of benzene rings is 1. The Kier molecular flexibility index (Phi) is 16.7. The summed E-state index contributed by atoms with van der Waals surface area (Å²) in [5.41, 5.74) is 1.01. The third-order valence-corrected chi connectivity index (χ3v) is 9.28. The molecule has 5 atom stereocenters. The molecule has 0 spiro atoms. The van der Waals surface area contributed by atoms with Gasteiger partial charge in [-0.25, -0.2) is 0 Å². The summed E-state index contributed by atoms with van der Waals surface area (Å²) < 4.78 is 0. The van der Waals surface area contributed by atoms with Crippen LogP contribution in [0.4, 0.5) is 0 Å². The standard InChI is InChI=1S/C32H54ClN3O4S/c1-22(2)16-29(37)30(38)28(19-24-10-7-6-8-11-24)35-31(39)23(3)20-34-32(40)26(21-41-15-14-36(4)5)17-25-12-9-13-27(33)18-25/h9,12-13,18,22-24,26,28-30,37-38H,6-8,10-11,14-17,19-21H2,1-5H3,(H,34,40)(H,35,39). The SMILES string of the molecule is CC(C)CC(O)C(O)C(CC1CCCCC1)NC(=O)C(C)CNC(=O)C(CSCCN(C)C)Cc1cccc(Cl)c1. The molecule has 4 N–H and O–H groups in total. The molecule has 0 aliphatic heterocycles. The molecule has 5 unspecified atom stereocenters. The molecule has 1 aromatic rings. The molecule has 0 bridgehead atoms. The number of nitrogens with one attached hydrogen (secondary N) is 2. The van der Waals surface area contributed by atoms with E-state index in [9.17, 15) is 19.8 Å². The lowest BCUT2D eigenvalue weighted by Gasteiger charge is -2.33. The van der Waals surface area contributed by atoms with Gasteiger partial charge in [0.2, 0.25) is 11.8 Å². The molecule has 1 aliphatic carbocycles. The third kappa shape index (κ3) is 14.1. The fourth-order valence-electron chi connectivity index (χ4n) is 5.42. The number of amides is 2. The van der Waals surface area contributed by atoms with E-state index in [1.807, 2.05) is 52.2 Å². The van der Waals surface area contributed by atoms with E-state index in [0.717, 1.165) is 30.7 Å². The average molecular weight is 612 g/mol. The number of hydrogen-bond donors (Lipinski definition) is 4. The van der Waals surface area contributed by atoms with Crippen LogP contribution in [0.15, 0.2) is 24.3 Å². The second kappa shape index (κ2) is 19.1. The van der Waals surface area contributed by atoms with E-state index in [1.54, 1.807) is 18.7 Å². The summed E-state index contributed by atoms with van der Waals surface area (Å²) in [6, 6.07) is 7.09. The number of hydrogen-bond acceptors (Lipinski definition) is 6. The number of halogens is 1. The van der Waals surface area contributed by atoms with Gasteiger partial charge in [0.25, 0.3) is 0 Å². The van der Waals surface area contributed by atoms with Crippen LogP contribution in [0.3, 0.4) is 0 Å². The molecule has 2 rings (SSSR count). The topological polar surface area (TPSA) is 102 Å². The monoisotopic (exact) mass is 611 g/mol. The van der Waals surface area contributed by atoms with Crippen LogP contribution in [0.2, 0.25) is 5.02 Å². The van der Waals surface area contributed by atoms with Gasteiger partial charge in [-0.1, -0.05) is 76.6 Å². The predicted octanol–water partition coefficient (Wildman–Crippen LogP) is 4.77. The summed E-state index contributed by atoms with van der Waals surface area (Å²) in [7, 11) is 4.07. The maximum atomic E-state index is 13.3. The Morgan fingerprint density at radius 1 is 1.10 bits per heavy atom. The van der Waals surface area contributed by atoms with Gasteiger partial charge in [-0.15, -0.1) is 0 Å². The van der Waals surface area contributed by atoms with Crippen molar-refractivity contribution >= 4 is 35.2 Å². The first-order valence-electron chi connectivity index (χ1n) is 15.4. The maximum Gasteiger partial charge on any atom is 0.224 e. The Morgan fingerprint density at radius 2 is 1.80 bits per heavy atom. The maximum absolute atomic E-state index is 13.3. The molecule has 9 heteroatoms. The number of aliphatic hydroxyl groups excluding tert-OH is 2. The lowest BCUT2D eigenvalue weighted by Crippen LogP contribution is -2.52. The van der Waals surface area contributed by atoms with E-state index < -0.39 is 24.2 Å². The van der Waals surface area contributed by atoms with Crippen LogP contribution < -0.4 is 10.6 Å². The minimum absolute atomic E-state index is 0.0758. The Hall–Kier alpha value is -1.32. The Balaban J connectivity index is 1.99. The molecule has 1 saturated carbocycles. The quantitative estimate of drug-likeness (QED) is 0.178. The summed E-state index contributed by atoms with van der Waals surface area (Å²) >= 11 is 7.94.